The van der Waals surface area contributed by atoms with E-state index in [4.69, 9.17) is 19.4 Å². The molecule has 2 aromatic carbocycles. The highest BCUT2D eigenvalue weighted by molar-refractivity contribution is 7.93. The predicted octanol–water partition coefficient (Wildman–Crippen LogP) is 2.81. The smallest absolute Gasteiger partial charge is 0.265 e. The molecule has 0 spiro atoms. The predicted molar refractivity (Wildman–Crippen MR) is 124 cm³/mol. The number of nitrogens with one attached hydrogen (secondary N) is 1. The van der Waals surface area contributed by atoms with Crippen LogP contribution in [0.2, 0.25) is 0 Å². The lowest BCUT2D eigenvalue weighted by molar-refractivity contribution is -0.134. The quantitative estimate of drug-likeness (QED) is 0.247. The molecule has 10 heteroatoms. The zero-order valence-corrected chi connectivity index (χ0v) is 19.9. The van der Waals surface area contributed by atoms with Gasteiger partial charge in [0.15, 0.2) is 14.6 Å². The van der Waals surface area contributed by atoms with E-state index < -0.39 is 26.6 Å². The Morgan fingerprint density at radius 1 is 1.06 bits per heavy atom. The van der Waals surface area contributed by atoms with Gasteiger partial charge >= 0.3 is 0 Å². The van der Waals surface area contributed by atoms with Crippen molar-refractivity contribution in [3.63, 3.8) is 0 Å². The van der Waals surface area contributed by atoms with Gasteiger partial charge in [-0.2, -0.15) is 0 Å². The summed E-state index contributed by atoms with van der Waals surface area (Å²) in [5.74, 6) is 0.290. The van der Waals surface area contributed by atoms with E-state index in [2.05, 4.69) is 0 Å². The molecule has 0 aliphatic carbocycles. The highest BCUT2D eigenvalue weighted by atomic mass is 32.2. The highest BCUT2D eigenvalue weighted by Gasteiger charge is 2.52. The number of methoxy groups -OCH3 is 1. The number of aliphatic hydroxyl groups is 1. The topological polar surface area (TPSA) is 131 Å². The Bertz CT molecular complexity index is 1030. The molecule has 1 amide bonds. The molecule has 1 saturated heterocycles. The second kappa shape index (κ2) is 11.7. The zero-order chi connectivity index (χ0) is 24.6. The maximum atomic E-state index is 13.2. The molecule has 0 radical (unpaired) electrons. The summed E-state index contributed by atoms with van der Waals surface area (Å²) in [6, 6.07) is 13.2. The number of unbranched alkanes of at least 4 members (excludes halogenated alkanes) is 1. The Kier molecular flexibility index (Phi) is 8.90. The third-order valence-corrected chi connectivity index (χ3v) is 8.62. The van der Waals surface area contributed by atoms with Crippen LogP contribution in [0.5, 0.6) is 11.5 Å². The van der Waals surface area contributed by atoms with Crippen molar-refractivity contribution < 1.29 is 37.7 Å². The van der Waals surface area contributed by atoms with Gasteiger partial charge in [0.2, 0.25) is 0 Å². The second-order valence-corrected chi connectivity index (χ2v) is 10.4. The van der Waals surface area contributed by atoms with E-state index >= 15 is 0 Å². The van der Waals surface area contributed by atoms with E-state index in [1.54, 1.807) is 19.2 Å². The Morgan fingerprint density at radius 2 is 1.68 bits per heavy atom. The number of carbonyl (C=O) groups excluding carboxylic acids is 1. The lowest BCUT2D eigenvalue weighted by atomic mass is 9.98. The minimum Gasteiger partial charge on any atom is -0.497 e. The molecule has 1 atom stereocenters. The van der Waals surface area contributed by atoms with Crippen molar-refractivity contribution in [1.82, 2.24) is 5.48 Å². The van der Waals surface area contributed by atoms with Crippen LogP contribution in [0.4, 0.5) is 0 Å². The molecule has 1 aliphatic heterocycles. The Balaban J connectivity index is 1.51. The van der Waals surface area contributed by atoms with E-state index in [-0.39, 0.29) is 31.0 Å². The van der Waals surface area contributed by atoms with Crippen LogP contribution in [0.25, 0.3) is 0 Å². The molecule has 1 unspecified atom stereocenters. The number of amides is 1. The minimum atomic E-state index is -4.06. The molecule has 1 heterocycles. The zero-order valence-electron chi connectivity index (χ0n) is 19.1. The molecule has 3 N–H and O–H groups in total. The first-order valence-electron chi connectivity index (χ1n) is 11.2. The Morgan fingerprint density at radius 3 is 2.26 bits per heavy atom. The molecule has 0 saturated carbocycles. The third-order valence-electron chi connectivity index (χ3n) is 6.11. The third kappa shape index (κ3) is 5.69. The monoisotopic (exact) mass is 493 g/mol. The summed E-state index contributed by atoms with van der Waals surface area (Å²) in [6.45, 7) is 0.637. The fourth-order valence-corrected chi connectivity index (χ4v) is 5.92. The van der Waals surface area contributed by atoms with E-state index in [1.165, 1.54) is 17.6 Å². The van der Waals surface area contributed by atoms with Gasteiger partial charge in [0.25, 0.3) is 5.91 Å². The second-order valence-electron chi connectivity index (χ2n) is 8.16. The normalized spacial score (nSPS) is 16.4. The number of aliphatic hydroxyl groups excluding tert-OH is 1. The molecule has 2 aromatic rings. The molecule has 186 valence electrons. The summed E-state index contributed by atoms with van der Waals surface area (Å²) in [7, 11) is -2.47. The Labute approximate surface area is 199 Å². The van der Waals surface area contributed by atoms with Crippen molar-refractivity contribution in [2.24, 2.45) is 0 Å². The fourth-order valence-electron chi connectivity index (χ4n) is 3.98. The van der Waals surface area contributed by atoms with Crippen LogP contribution in [-0.4, -0.2) is 56.3 Å². The average Bonchev–Trinajstić information content (AvgIpc) is 2.88. The molecule has 1 fully saturated rings. The highest BCUT2D eigenvalue weighted by Crippen LogP contribution is 2.35. The summed E-state index contributed by atoms with van der Waals surface area (Å²) >= 11 is 0. The van der Waals surface area contributed by atoms with E-state index in [9.17, 15) is 18.3 Å². The van der Waals surface area contributed by atoms with E-state index in [0.717, 1.165) is 17.7 Å². The summed E-state index contributed by atoms with van der Waals surface area (Å²) < 4.78 is 40.7. The first kappa shape index (κ1) is 26.0. The summed E-state index contributed by atoms with van der Waals surface area (Å²) in [5.41, 5.74) is 2.33. The maximum Gasteiger partial charge on any atom is 0.265 e. The van der Waals surface area contributed by atoms with E-state index in [0.29, 0.717) is 25.2 Å². The molecule has 3 rings (SSSR count). The number of ether oxygens (including phenoxy) is 3. The summed E-state index contributed by atoms with van der Waals surface area (Å²) in [5, 5.41) is 19.4. The van der Waals surface area contributed by atoms with Crippen LogP contribution in [0.1, 0.15) is 43.8 Å². The van der Waals surface area contributed by atoms with Gasteiger partial charge in [0.05, 0.1) is 24.7 Å². The SMILES string of the molecule is COc1ccc(C(O)CCCCOc2ccc(S(=O)(=O)C3(C(=O)NO)CCOCC3)cc2)cc1. The van der Waals surface area contributed by atoms with Gasteiger partial charge < -0.3 is 19.3 Å². The fraction of sp³-hybridized carbons (Fsp3) is 0.458. The van der Waals surface area contributed by atoms with Gasteiger partial charge in [0.1, 0.15) is 11.5 Å². The molecule has 9 nitrogen and oxygen atoms in total. The van der Waals surface area contributed by atoms with Gasteiger partial charge in [-0.25, -0.2) is 13.9 Å². The van der Waals surface area contributed by atoms with Crippen molar-refractivity contribution in [1.29, 1.82) is 0 Å². The average molecular weight is 494 g/mol. The van der Waals surface area contributed by atoms with Gasteiger partial charge in [-0.15, -0.1) is 0 Å². The van der Waals surface area contributed by atoms with Gasteiger partial charge in [0, 0.05) is 13.2 Å². The number of sulfone groups is 1. The van der Waals surface area contributed by atoms with Crippen LogP contribution >= 0.6 is 0 Å². The van der Waals surface area contributed by atoms with Gasteiger partial charge in [-0.3, -0.25) is 10.0 Å². The van der Waals surface area contributed by atoms with Crippen molar-refractivity contribution in [3.05, 3.63) is 54.1 Å². The molecule has 34 heavy (non-hydrogen) atoms. The number of hydrogen-bond donors (Lipinski definition) is 3. The molecule has 0 aromatic heterocycles. The number of hydrogen-bond acceptors (Lipinski definition) is 8. The van der Waals surface area contributed by atoms with E-state index in [1.807, 2.05) is 24.3 Å². The van der Waals surface area contributed by atoms with Crippen LogP contribution in [-0.2, 0) is 19.4 Å². The standard InChI is InChI=1S/C24H31NO8S/c1-31-19-7-5-18(6-8-19)22(26)4-2-3-15-33-20-9-11-21(12-10-20)34(29,30)24(23(27)25-28)13-16-32-17-14-24/h5-12,22,26,28H,2-4,13-17H2,1H3,(H,25,27). The molecular formula is C24H31NO8S. The summed E-state index contributed by atoms with van der Waals surface area (Å²) in [6.07, 6.45) is 1.41. The van der Waals surface area contributed by atoms with Crippen LogP contribution in [0, 0.1) is 0 Å². The molecular weight excluding hydrogens is 462 g/mol. The largest absolute Gasteiger partial charge is 0.497 e. The van der Waals surface area contributed by atoms with Crippen molar-refractivity contribution in [3.8, 4) is 11.5 Å². The maximum absolute atomic E-state index is 13.2. The lowest BCUT2D eigenvalue weighted by Gasteiger charge is -2.34. The van der Waals surface area contributed by atoms with Crippen molar-refractivity contribution >= 4 is 15.7 Å². The number of benzene rings is 2. The Hall–Kier alpha value is -2.66. The number of rotatable bonds is 11. The number of hydroxylamine groups is 1. The minimum absolute atomic E-state index is 0.0204. The van der Waals surface area contributed by atoms with Crippen LogP contribution < -0.4 is 15.0 Å². The molecule has 1 aliphatic rings. The van der Waals surface area contributed by atoms with Gasteiger partial charge in [-0.1, -0.05) is 12.1 Å². The molecule has 0 bridgehead atoms. The first-order chi connectivity index (χ1) is 16.3. The lowest BCUT2D eigenvalue weighted by Crippen LogP contribution is -2.54. The van der Waals surface area contributed by atoms with Crippen molar-refractivity contribution in [2.75, 3.05) is 26.9 Å². The summed E-state index contributed by atoms with van der Waals surface area (Å²) in [4.78, 5) is 12.3. The van der Waals surface area contributed by atoms with Crippen LogP contribution in [0.3, 0.4) is 0 Å². The number of carbonyl (C=O) groups is 1. The van der Waals surface area contributed by atoms with Crippen molar-refractivity contribution in [2.45, 2.75) is 47.9 Å². The van der Waals surface area contributed by atoms with Crippen LogP contribution in [0.15, 0.2) is 53.4 Å². The first-order valence-corrected chi connectivity index (χ1v) is 12.6. The van der Waals surface area contributed by atoms with Gasteiger partial charge in [-0.05, 0) is 74.1 Å².